The molecular weight excluding hydrogens is 330 g/mol. The highest BCUT2D eigenvalue weighted by molar-refractivity contribution is 5.93. The molecule has 0 aliphatic rings. The van der Waals surface area contributed by atoms with Gasteiger partial charge in [0.05, 0.1) is 6.42 Å². The van der Waals surface area contributed by atoms with Gasteiger partial charge < -0.3 is 15.2 Å². The van der Waals surface area contributed by atoms with Crippen LogP contribution in [0.1, 0.15) is 36.5 Å². The van der Waals surface area contributed by atoms with Gasteiger partial charge in [-0.1, -0.05) is 37.6 Å². The minimum atomic E-state index is -1.03. The Bertz CT molecular complexity index is 753. The SMILES string of the molecule is CCCCc1ccc(CC(=O)Nc2ccc(OCC(=O)O)cc2C)cc1. The van der Waals surface area contributed by atoms with E-state index in [9.17, 15) is 9.59 Å². The molecule has 0 spiro atoms. The fourth-order valence-electron chi connectivity index (χ4n) is 2.60. The Labute approximate surface area is 154 Å². The fourth-order valence-corrected chi connectivity index (χ4v) is 2.60. The fraction of sp³-hybridized carbons (Fsp3) is 0.333. The molecular formula is C21H25NO4. The summed E-state index contributed by atoms with van der Waals surface area (Å²) >= 11 is 0. The van der Waals surface area contributed by atoms with E-state index >= 15 is 0 Å². The molecule has 0 radical (unpaired) electrons. The van der Waals surface area contributed by atoms with Gasteiger partial charge in [-0.2, -0.15) is 0 Å². The van der Waals surface area contributed by atoms with Crippen molar-refractivity contribution in [3.8, 4) is 5.75 Å². The molecule has 5 nitrogen and oxygen atoms in total. The number of ether oxygens (including phenoxy) is 1. The maximum absolute atomic E-state index is 12.3. The standard InChI is InChI=1S/C21H25NO4/c1-3-4-5-16-6-8-17(9-7-16)13-20(23)22-19-11-10-18(12-15(19)2)26-14-21(24)25/h6-12H,3-5,13-14H2,1-2H3,(H,22,23)(H,24,25). The first-order chi connectivity index (χ1) is 12.5. The predicted octanol–water partition coefficient (Wildman–Crippen LogP) is 3.98. The second-order valence-electron chi connectivity index (χ2n) is 6.30. The molecule has 26 heavy (non-hydrogen) atoms. The Kier molecular flexibility index (Phi) is 7.21. The number of hydrogen-bond donors (Lipinski definition) is 2. The molecule has 0 atom stereocenters. The van der Waals surface area contributed by atoms with E-state index in [2.05, 4.69) is 24.4 Å². The Morgan fingerprint density at radius 2 is 1.77 bits per heavy atom. The van der Waals surface area contributed by atoms with Crippen molar-refractivity contribution in [1.29, 1.82) is 0 Å². The van der Waals surface area contributed by atoms with Gasteiger partial charge in [0, 0.05) is 5.69 Å². The van der Waals surface area contributed by atoms with E-state index in [0.717, 1.165) is 17.5 Å². The number of benzene rings is 2. The molecule has 0 saturated carbocycles. The number of aryl methyl sites for hydroxylation is 2. The molecule has 0 unspecified atom stereocenters. The maximum Gasteiger partial charge on any atom is 0.341 e. The molecule has 0 aliphatic heterocycles. The van der Waals surface area contributed by atoms with Crippen molar-refractivity contribution in [2.24, 2.45) is 0 Å². The lowest BCUT2D eigenvalue weighted by atomic mass is 10.0. The summed E-state index contributed by atoms with van der Waals surface area (Å²) in [6.45, 7) is 3.62. The summed E-state index contributed by atoms with van der Waals surface area (Å²) in [5.74, 6) is -0.653. The normalized spacial score (nSPS) is 10.4. The Morgan fingerprint density at radius 1 is 1.08 bits per heavy atom. The largest absolute Gasteiger partial charge is 0.482 e. The molecule has 0 saturated heterocycles. The minimum Gasteiger partial charge on any atom is -0.482 e. The number of rotatable bonds is 9. The zero-order valence-corrected chi connectivity index (χ0v) is 15.2. The van der Waals surface area contributed by atoms with Crippen molar-refractivity contribution in [3.05, 3.63) is 59.2 Å². The van der Waals surface area contributed by atoms with Crippen molar-refractivity contribution < 1.29 is 19.4 Å². The summed E-state index contributed by atoms with van der Waals surface area (Å²) in [6.07, 6.45) is 3.72. The summed E-state index contributed by atoms with van der Waals surface area (Å²) in [7, 11) is 0. The van der Waals surface area contributed by atoms with Gasteiger partial charge in [-0.05, 0) is 54.7 Å². The van der Waals surface area contributed by atoms with E-state index in [0.29, 0.717) is 17.9 Å². The molecule has 0 aliphatic carbocycles. The Balaban J connectivity index is 1.91. The molecule has 0 fully saturated rings. The number of carbonyl (C=O) groups is 2. The first-order valence-electron chi connectivity index (χ1n) is 8.81. The third-order valence-electron chi connectivity index (χ3n) is 4.04. The quantitative estimate of drug-likeness (QED) is 0.713. The van der Waals surface area contributed by atoms with Crippen LogP contribution < -0.4 is 10.1 Å². The van der Waals surface area contributed by atoms with Gasteiger partial charge in [-0.15, -0.1) is 0 Å². The van der Waals surface area contributed by atoms with Gasteiger partial charge in [0.1, 0.15) is 5.75 Å². The van der Waals surface area contributed by atoms with Crippen LogP contribution in [0, 0.1) is 6.92 Å². The minimum absolute atomic E-state index is 0.0892. The first-order valence-corrected chi connectivity index (χ1v) is 8.81. The molecule has 2 rings (SSSR count). The van der Waals surface area contributed by atoms with Crippen LogP contribution in [0.5, 0.6) is 5.75 Å². The second-order valence-corrected chi connectivity index (χ2v) is 6.30. The lowest BCUT2D eigenvalue weighted by Crippen LogP contribution is -2.15. The van der Waals surface area contributed by atoms with Gasteiger partial charge >= 0.3 is 5.97 Å². The number of carbonyl (C=O) groups excluding carboxylic acids is 1. The summed E-state index contributed by atoms with van der Waals surface area (Å²) in [5, 5.41) is 11.5. The Morgan fingerprint density at radius 3 is 2.38 bits per heavy atom. The number of amides is 1. The van der Waals surface area contributed by atoms with Gasteiger partial charge in [0.2, 0.25) is 5.91 Å². The number of carboxylic acids is 1. The molecule has 138 valence electrons. The molecule has 2 aromatic rings. The van der Waals surface area contributed by atoms with Crippen molar-refractivity contribution in [2.75, 3.05) is 11.9 Å². The highest BCUT2D eigenvalue weighted by Crippen LogP contribution is 2.21. The van der Waals surface area contributed by atoms with Crippen molar-refractivity contribution in [3.63, 3.8) is 0 Å². The van der Waals surface area contributed by atoms with Crippen LogP contribution in [0.15, 0.2) is 42.5 Å². The molecule has 1 amide bonds. The van der Waals surface area contributed by atoms with Gasteiger partial charge in [-0.25, -0.2) is 4.79 Å². The number of anilines is 1. The average molecular weight is 355 g/mol. The van der Waals surface area contributed by atoms with Crippen LogP contribution >= 0.6 is 0 Å². The predicted molar refractivity (Wildman–Crippen MR) is 102 cm³/mol. The van der Waals surface area contributed by atoms with Crippen LogP contribution in [0.3, 0.4) is 0 Å². The number of hydrogen-bond acceptors (Lipinski definition) is 3. The molecule has 0 aromatic heterocycles. The van der Waals surface area contributed by atoms with Crippen molar-refractivity contribution in [2.45, 2.75) is 39.5 Å². The molecule has 2 aromatic carbocycles. The van der Waals surface area contributed by atoms with Crippen molar-refractivity contribution in [1.82, 2.24) is 0 Å². The van der Waals surface area contributed by atoms with E-state index in [1.807, 2.05) is 19.1 Å². The Hall–Kier alpha value is -2.82. The summed E-state index contributed by atoms with van der Waals surface area (Å²) in [4.78, 5) is 22.8. The number of nitrogens with one attached hydrogen (secondary N) is 1. The lowest BCUT2D eigenvalue weighted by molar-refractivity contribution is -0.139. The smallest absolute Gasteiger partial charge is 0.341 e. The second kappa shape index (κ2) is 9.61. The van der Waals surface area contributed by atoms with E-state index in [1.165, 1.54) is 18.4 Å². The third kappa shape index (κ3) is 6.24. The van der Waals surface area contributed by atoms with Crippen LogP contribution in [0.2, 0.25) is 0 Å². The maximum atomic E-state index is 12.3. The highest BCUT2D eigenvalue weighted by atomic mass is 16.5. The third-order valence-corrected chi connectivity index (χ3v) is 4.04. The van der Waals surface area contributed by atoms with Gasteiger partial charge in [0.25, 0.3) is 0 Å². The zero-order valence-electron chi connectivity index (χ0n) is 15.2. The highest BCUT2D eigenvalue weighted by Gasteiger charge is 2.08. The van der Waals surface area contributed by atoms with Crippen molar-refractivity contribution >= 4 is 17.6 Å². The molecule has 0 bridgehead atoms. The molecule has 5 heteroatoms. The van der Waals surface area contributed by atoms with Gasteiger partial charge in [-0.3, -0.25) is 4.79 Å². The summed E-state index contributed by atoms with van der Waals surface area (Å²) < 4.78 is 5.13. The monoisotopic (exact) mass is 355 g/mol. The molecule has 0 heterocycles. The van der Waals surface area contributed by atoms with Crippen LogP contribution in [0.4, 0.5) is 5.69 Å². The first kappa shape index (κ1) is 19.5. The summed E-state index contributed by atoms with van der Waals surface area (Å²) in [5.41, 5.74) is 3.78. The van der Waals surface area contributed by atoms with Crippen LogP contribution in [-0.4, -0.2) is 23.6 Å². The zero-order chi connectivity index (χ0) is 18.9. The molecule has 2 N–H and O–H groups in total. The van der Waals surface area contributed by atoms with Crippen LogP contribution in [-0.2, 0) is 22.4 Å². The number of aliphatic carboxylic acids is 1. The van der Waals surface area contributed by atoms with Gasteiger partial charge in [0.15, 0.2) is 6.61 Å². The lowest BCUT2D eigenvalue weighted by Gasteiger charge is -2.11. The number of carboxylic acid groups (broad SMARTS) is 1. The number of unbranched alkanes of at least 4 members (excludes halogenated alkanes) is 1. The van der Waals surface area contributed by atoms with Crippen LogP contribution in [0.25, 0.3) is 0 Å². The van der Waals surface area contributed by atoms with E-state index < -0.39 is 5.97 Å². The topological polar surface area (TPSA) is 75.6 Å². The summed E-state index contributed by atoms with van der Waals surface area (Å²) in [6, 6.07) is 13.2. The van der Waals surface area contributed by atoms with E-state index in [1.54, 1.807) is 18.2 Å². The van der Waals surface area contributed by atoms with E-state index in [4.69, 9.17) is 9.84 Å². The average Bonchev–Trinajstić information content (AvgIpc) is 2.61. The van der Waals surface area contributed by atoms with E-state index in [-0.39, 0.29) is 12.5 Å².